The van der Waals surface area contributed by atoms with Crippen molar-refractivity contribution < 1.29 is 14.3 Å². The number of alkyl halides is 1. The van der Waals surface area contributed by atoms with Gasteiger partial charge >= 0.3 is 5.97 Å². The number of nitrogens with one attached hydrogen (secondary N) is 1. The minimum Gasteiger partial charge on any atom is -0.469 e. The average Bonchev–Trinajstić information content (AvgIpc) is 3.31. The lowest BCUT2D eigenvalue weighted by molar-refractivity contribution is -0.146. The predicted octanol–water partition coefficient (Wildman–Crippen LogP) is 4.52. The standard InChI is InChI=1S/C24H26ClN5O3S/c1-6-17(24(32)33-5)21-22-29-28-14(4)30(22)23-19(12(2)13(3)34-23)20(27-21)15-7-9-16(10-8-15)26-18(31)11-25/h7-10,17,21H,6,11H2,1-5H3,(H,26,31). The van der Waals surface area contributed by atoms with Gasteiger partial charge in [0.25, 0.3) is 0 Å². The van der Waals surface area contributed by atoms with Crippen LogP contribution in [0.5, 0.6) is 0 Å². The fourth-order valence-electron chi connectivity index (χ4n) is 4.19. The third-order valence-corrected chi connectivity index (χ3v) is 7.51. The van der Waals surface area contributed by atoms with Crippen LogP contribution in [0.1, 0.15) is 52.6 Å². The Morgan fingerprint density at radius 3 is 2.53 bits per heavy atom. The van der Waals surface area contributed by atoms with Crippen molar-refractivity contribution in [1.82, 2.24) is 14.8 Å². The van der Waals surface area contributed by atoms with Crippen LogP contribution >= 0.6 is 22.9 Å². The maximum atomic E-state index is 12.7. The highest BCUT2D eigenvalue weighted by Gasteiger charge is 2.38. The van der Waals surface area contributed by atoms with E-state index in [2.05, 4.69) is 29.4 Å². The van der Waals surface area contributed by atoms with Gasteiger partial charge in [0.05, 0.1) is 18.7 Å². The summed E-state index contributed by atoms with van der Waals surface area (Å²) in [5.74, 6) is 0.124. The van der Waals surface area contributed by atoms with Gasteiger partial charge in [0.15, 0.2) is 5.82 Å². The summed E-state index contributed by atoms with van der Waals surface area (Å²) >= 11 is 7.27. The second kappa shape index (κ2) is 9.68. The van der Waals surface area contributed by atoms with E-state index in [9.17, 15) is 9.59 Å². The molecular weight excluding hydrogens is 474 g/mol. The molecule has 0 fully saturated rings. The molecule has 0 saturated heterocycles. The van der Waals surface area contributed by atoms with Crippen molar-refractivity contribution in [2.75, 3.05) is 18.3 Å². The minimum atomic E-state index is -0.566. The molecule has 0 aliphatic carbocycles. The highest BCUT2D eigenvalue weighted by atomic mass is 35.5. The van der Waals surface area contributed by atoms with E-state index in [-0.39, 0.29) is 17.8 Å². The van der Waals surface area contributed by atoms with Crippen molar-refractivity contribution in [3.8, 4) is 5.00 Å². The Kier molecular flexibility index (Phi) is 6.86. The molecule has 178 valence electrons. The van der Waals surface area contributed by atoms with Crippen LogP contribution in [0, 0.1) is 26.7 Å². The molecule has 1 aliphatic rings. The van der Waals surface area contributed by atoms with Crippen LogP contribution in [0.15, 0.2) is 29.3 Å². The van der Waals surface area contributed by atoms with Gasteiger partial charge in [-0.25, -0.2) is 0 Å². The zero-order valence-electron chi connectivity index (χ0n) is 19.7. The molecule has 1 N–H and O–H groups in total. The Morgan fingerprint density at radius 1 is 1.21 bits per heavy atom. The fourth-order valence-corrected chi connectivity index (χ4v) is 5.47. The zero-order chi connectivity index (χ0) is 24.6. The van der Waals surface area contributed by atoms with Gasteiger partial charge in [0, 0.05) is 21.7 Å². The first kappa shape index (κ1) is 24.1. The molecule has 10 heteroatoms. The van der Waals surface area contributed by atoms with Crippen molar-refractivity contribution >= 4 is 46.2 Å². The molecule has 0 bridgehead atoms. The van der Waals surface area contributed by atoms with Gasteiger partial charge in [-0.15, -0.1) is 33.1 Å². The summed E-state index contributed by atoms with van der Waals surface area (Å²) in [6.07, 6.45) is 0.537. The minimum absolute atomic E-state index is 0.113. The van der Waals surface area contributed by atoms with Crippen LogP contribution in [0.4, 0.5) is 5.69 Å². The first-order valence-corrected chi connectivity index (χ1v) is 12.3. The lowest BCUT2D eigenvalue weighted by atomic mass is 9.95. The van der Waals surface area contributed by atoms with Gasteiger partial charge in [0.2, 0.25) is 5.91 Å². The van der Waals surface area contributed by atoms with E-state index in [1.54, 1.807) is 11.3 Å². The number of nitrogens with zero attached hydrogens (tertiary/aromatic N) is 4. The van der Waals surface area contributed by atoms with Crippen LogP contribution in [-0.2, 0) is 14.3 Å². The predicted molar refractivity (Wildman–Crippen MR) is 133 cm³/mol. The molecule has 0 radical (unpaired) electrons. The van der Waals surface area contributed by atoms with E-state index in [0.29, 0.717) is 17.9 Å². The van der Waals surface area contributed by atoms with E-state index in [0.717, 1.165) is 33.2 Å². The fraction of sp³-hybridized carbons (Fsp3) is 0.375. The number of rotatable bonds is 6. The number of hydrogen-bond acceptors (Lipinski definition) is 7. The molecule has 3 aromatic rings. The van der Waals surface area contributed by atoms with E-state index >= 15 is 0 Å². The van der Waals surface area contributed by atoms with Crippen LogP contribution in [0.25, 0.3) is 5.00 Å². The van der Waals surface area contributed by atoms with Gasteiger partial charge in [-0.3, -0.25) is 19.1 Å². The molecule has 2 unspecified atom stereocenters. The molecule has 1 amide bonds. The average molecular weight is 500 g/mol. The second-order valence-corrected chi connectivity index (χ2v) is 9.59. The molecule has 2 aromatic heterocycles. The maximum absolute atomic E-state index is 12.7. The van der Waals surface area contributed by atoms with Crippen LogP contribution in [-0.4, -0.2) is 45.3 Å². The topological polar surface area (TPSA) is 98.5 Å². The molecule has 4 rings (SSSR count). The summed E-state index contributed by atoms with van der Waals surface area (Å²) in [7, 11) is 1.39. The van der Waals surface area contributed by atoms with Crippen molar-refractivity contribution in [3.05, 3.63) is 57.5 Å². The Hall–Kier alpha value is -3.04. The summed E-state index contributed by atoms with van der Waals surface area (Å²) < 4.78 is 7.13. The Morgan fingerprint density at radius 2 is 1.91 bits per heavy atom. The summed E-state index contributed by atoms with van der Waals surface area (Å²) in [6.45, 7) is 8.00. The molecule has 1 aromatic carbocycles. The number of benzene rings is 1. The van der Waals surface area contributed by atoms with E-state index in [1.165, 1.54) is 12.0 Å². The molecule has 0 saturated carbocycles. The van der Waals surface area contributed by atoms with E-state index in [1.807, 2.05) is 42.7 Å². The Bertz CT molecular complexity index is 1280. The number of aryl methyl sites for hydroxylation is 2. The zero-order valence-corrected chi connectivity index (χ0v) is 21.3. The molecule has 0 spiro atoms. The number of methoxy groups -OCH3 is 1. The molecule has 1 aliphatic heterocycles. The molecule has 2 atom stereocenters. The van der Waals surface area contributed by atoms with Crippen molar-refractivity contribution in [2.45, 2.75) is 40.2 Å². The van der Waals surface area contributed by atoms with Crippen LogP contribution in [0.2, 0.25) is 0 Å². The van der Waals surface area contributed by atoms with Gasteiger partial charge in [-0.1, -0.05) is 19.1 Å². The number of aromatic nitrogens is 3. The van der Waals surface area contributed by atoms with Crippen molar-refractivity contribution in [3.63, 3.8) is 0 Å². The Balaban J connectivity index is 1.94. The molecular formula is C24H26ClN5O3S. The Labute approximate surface area is 207 Å². The van der Waals surface area contributed by atoms with E-state index in [4.69, 9.17) is 21.3 Å². The lowest BCUT2D eigenvalue weighted by Crippen LogP contribution is -2.24. The number of carbonyl (C=O) groups is 2. The smallest absolute Gasteiger partial charge is 0.311 e. The molecule has 3 heterocycles. The third kappa shape index (κ3) is 4.14. The first-order chi connectivity index (χ1) is 16.3. The number of aliphatic imine (C=N–C) groups is 1. The normalized spacial score (nSPS) is 15.6. The maximum Gasteiger partial charge on any atom is 0.311 e. The summed E-state index contributed by atoms with van der Waals surface area (Å²) in [5.41, 5.74) is 4.39. The monoisotopic (exact) mass is 499 g/mol. The number of hydrogen-bond donors (Lipinski definition) is 1. The van der Waals surface area contributed by atoms with Crippen LogP contribution in [0.3, 0.4) is 0 Å². The highest BCUT2D eigenvalue weighted by Crippen LogP contribution is 2.41. The van der Waals surface area contributed by atoms with Crippen LogP contribution < -0.4 is 5.32 Å². The quantitative estimate of drug-likeness (QED) is 0.397. The second-order valence-electron chi connectivity index (χ2n) is 8.12. The largest absolute Gasteiger partial charge is 0.469 e. The molecule has 34 heavy (non-hydrogen) atoms. The lowest BCUT2D eigenvalue weighted by Gasteiger charge is -2.20. The number of fused-ring (bicyclic) bond motifs is 3. The third-order valence-electron chi connectivity index (χ3n) is 6.08. The summed E-state index contributed by atoms with van der Waals surface area (Å²) in [5, 5.41) is 12.5. The number of amides is 1. The number of carbonyl (C=O) groups excluding carboxylic acids is 2. The number of anilines is 1. The highest BCUT2D eigenvalue weighted by molar-refractivity contribution is 7.15. The number of thiophene rings is 1. The van der Waals surface area contributed by atoms with Gasteiger partial charge in [-0.2, -0.15) is 0 Å². The molecule has 8 nitrogen and oxygen atoms in total. The summed E-state index contributed by atoms with van der Waals surface area (Å²) in [4.78, 5) is 30.7. The van der Waals surface area contributed by atoms with Gasteiger partial charge in [-0.05, 0) is 44.9 Å². The van der Waals surface area contributed by atoms with Gasteiger partial charge in [0.1, 0.15) is 22.7 Å². The number of esters is 1. The first-order valence-electron chi connectivity index (χ1n) is 10.9. The van der Waals surface area contributed by atoms with Gasteiger partial charge < -0.3 is 10.1 Å². The van der Waals surface area contributed by atoms with E-state index < -0.39 is 12.0 Å². The number of halogens is 1. The summed E-state index contributed by atoms with van der Waals surface area (Å²) in [6, 6.07) is 6.89. The van der Waals surface area contributed by atoms with Crippen molar-refractivity contribution in [1.29, 1.82) is 0 Å². The SMILES string of the molecule is CCC(C(=O)OC)C1N=C(c2ccc(NC(=O)CCl)cc2)c2c(sc(C)c2C)-n2c(C)nnc21. The number of ether oxygens (including phenoxy) is 1. The van der Waals surface area contributed by atoms with Crippen molar-refractivity contribution in [2.24, 2.45) is 10.9 Å².